The Balaban J connectivity index is 3.05. The Morgan fingerprint density at radius 1 is 1.20 bits per heavy atom. The smallest absolute Gasteiger partial charge is 0.292 e. The van der Waals surface area contributed by atoms with Crippen LogP contribution in [0.3, 0.4) is 0 Å². The summed E-state index contributed by atoms with van der Waals surface area (Å²) in [6.07, 6.45) is 0. The van der Waals surface area contributed by atoms with Gasteiger partial charge in [0.25, 0.3) is 0 Å². The van der Waals surface area contributed by atoms with Crippen LogP contribution in [-0.2, 0) is 10.7 Å². The minimum absolute atomic E-state index is 0.470. The third-order valence-electron chi connectivity index (χ3n) is 2.04. The van der Waals surface area contributed by atoms with Gasteiger partial charge in [-0.3, -0.25) is 4.79 Å². The third kappa shape index (κ3) is 2.37. The summed E-state index contributed by atoms with van der Waals surface area (Å²) >= 11 is 0. The number of carbonyl (C=O) groups is 1. The van der Waals surface area contributed by atoms with Crippen LogP contribution in [0.1, 0.15) is 19.4 Å². The van der Waals surface area contributed by atoms with Gasteiger partial charge in [0.05, 0.1) is 0 Å². The van der Waals surface area contributed by atoms with Gasteiger partial charge in [-0.05, 0) is 24.3 Å². The van der Waals surface area contributed by atoms with Crippen LogP contribution in [0.25, 0.3) is 0 Å². The summed E-state index contributed by atoms with van der Waals surface area (Å²) in [5.74, 6) is -6.06. The molecular weight excluding hydrogens is 205 g/mol. The molecule has 82 valence electrons. The van der Waals surface area contributed by atoms with Gasteiger partial charge >= 0.3 is 5.92 Å². The van der Waals surface area contributed by atoms with E-state index in [0.717, 1.165) is 24.3 Å². The summed E-state index contributed by atoms with van der Waals surface area (Å²) in [6.45, 7) is 2.81. The molecule has 0 saturated carbocycles. The van der Waals surface area contributed by atoms with Crippen molar-refractivity contribution in [2.75, 3.05) is 0 Å². The van der Waals surface area contributed by atoms with Gasteiger partial charge in [-0.25, -0.2) is 4.39 Å². The van der Waals surface area contributed by atoms with Crippen molar-refractivity contribution in [1.29, 1.82) is 0 Å². The van der Waals surface area contributed by atoms with E-state index in [9.17, 15) is 18.0 Å². The van der Waals surface area contributed by atoms with Crippen LogP contribution in [0.2, 0.25) is 0 Å². The molecule has 0 aliphatic rings. The Labute approximate surface area is 85.9 Å². The molecule has 0 aromatic heterocycles. The van der Waals surface area contributed by atoms with Crippen molar-refractivity contribution in [3.05, 3.63) is 35.6 Å². The second-order valence-corrected chi connectivity index (χ2v) is 3.60. The molecular formula is C11H11F3O. The van der Waals surface area contributed by atoms with E-state index in [4.69, 9.17) is 0 Å². The number of benzene rings is 1. The van der Waals surface area contributed by atoms with Gasteiger partial charge in [0.1, 0.15) is 5.82 Å². The Morgan fingerprint density at radius 3 is 2.07 bits per heavy atom. The van der Waals surface area contributed by atoms with E-state index in [1.54, 1.807) is 0 Å². The minimum Gasteiger partial charge on any atom is -0.292 e. The highest BCUT2D eigenvalue weighted by Crippen LogP contribution is 2.31. The van der Waals surface area contributed by atoms with E-state index in [-0.39, 0.29) is 0 Å². The molecule has 1 nitrogen and oxygen atoms in total. The molecule has 15 heavy (non-hydrogen) atoms. The van der Waals surface area contributed by atoms with Gasteiger partial charge in [0, 0.05) is 11.5 Å². The van der Waals surface area contributed by atoms with E-state index in [1.807, 2.05) is 0 Å². The Kier molecular flexibility index (Phi) is 3.17. The third-order valence-corrected chi connectivity index (χ3v) is 2.04. The monoisotopic (exact) mass is 216 g/mol. The van der Waals surface area contributed by atoms with E-state index in [1.165, 1.54) is 13.8 Å². The number of hydrogen-bond donors (Lipinski definition) is 0. The molecule has 0 unspecified atom stereocenters. The van der Waals surface area contributed by atoms with Crippen molar-refractivity contribution in [3.8, 4) is 0 Å². The first-order valence-electron chi connectivity index (χ1n) is 4.54. The summed E-state index contributed by atoms with van der Waals surface area (Å²) in [5, 5.41) is 0. The average Bonchev–Trinajstić information content (AvgIpc) is 2.17. The lowest BCUT2D eigenvalue weighted by Gasteiger charge is -2.17. The van der Waals surface area contributed by atoms with Crippen LogP contribution in [0.4, 0.5) is 13.2 Å². The van der Waals surface area contributed by atoms with Crippen LogP contribution in [0, 0.1) is 11.7 Å². The zero-order valence-electron chi connectivity index (χ0n) is 8.43. The molecule has 0 fully saturated rings. The summed E-state index contributed by atoms with van der Waals surface area (Å²) in [6, 6.07) is 3.68. The first kappa shape index (κ1) is 11.8. The van der Waals surface area contributed by atoms with E-state index >= 15 is 0 Å². The van der Waals surface area contributed by atoms with Gasteiger partial charge in [-0.15, -0.1) is 0 Å². The second-order valence-electron chi connectivity index (χ2n) is 3.60. The molecule has 0 amide bonds. The number of Topliss-reactive ketones (excluding diaryl/α,β-unsaturated/α-hetero) is 1. The number of hydrogen-bond acceptors (Lipinski definition) is 1. The van der Waals surface area contributed by atoms with Crippen molar-refractivity contribution in [2.45, 2.75) is 19.8 Å². The topological polar surface area (TPSA) is 17.1 Å². The largest absolute Gasteiger partial charge is 0.330 e. The van der Waals surface area contributed by atoms with Crippen LogP contribution in [0.15, 0.2) is 24.3 Å². The normalized spacial score (nSPS) is 11.9. The van der Waals surface area contributed by atoms with E-state index < -0.39 is 29.0 Å². The fourth-order valence-electron chi connectivity index (χ4n) is 1.16. The van der Waals surface area contributed by atoms with Crippen LogP contribution in [0.5, 0.6) is 0 Å². The Bertz CT molecular complexity index is 355. The van der Waals surface area contributed by atoms with Gasteiger partial charge in [-0.1, -0.05) is 13.8 Å². The molecule has 0 radical (unpaired) electrons. The summed E-state index contributed by atoms with van der Waals surface area (Å²) in [5.41, 5.74) is -0.470. The van der Waals surface area contributed by atoms with Crippen LogP contribution < -0.4 is 0 Å². The average molecular weight is 216 g/mol. The maximum absolute atomic E-state index is 13.5. The molecule has 0 aliphatic carbocycles. The maximum atomic E-state index is 13.5. The zero-order chi connectivity index (χ0) is 11.6. The van der Waals surface area contributed by atoms with Gasteiger partial charge < -0.3 is 0 Å². The SMILES string of the molecule is CC(C)C(=O)C(F)(F)c1ccc(F)cc1. The second kappa shape index (κ2) is 4.04. The van der Waals surface area contributed by atoms with E-state index in [2.05, 4.69) is 0 Å². The summed E-state index contributed by atoms with van der Waals surface area (Å²) in [7, 11) is 0. The van der Waals surface area contributed by atoms with Crippen molar-refractivity contribution in [3.63, 3.8) is 0 Å². The predicted octanol–water partition coefficient (Wildman–Crippen LogP) is 3.14. The molecule has 0 atom stereocenters. The Hall–Kier alpha value is -1.32. The number of alkyl halides is 2. The maximum Gasteiger partial charge on any atom is 0.330 e. The zero-order valence-corrected chi connectivity index (χ0v) is 8.43. The van der Waals surface area contributed by atoms with Gasteiger partial charge in [0.2, 0.25) is 5.78 Å². The fraction of sp³-hybridized carbons (Fsp3) is 0.364. The lowest BCUT2D eigenvalue weighted by molar-refractivity contribution is -0.147. The van der Waals surface area contributed by atoms with Crippen molar-refractivity contribution < 1.29 is 18.0 Å². The first-order chi connectivity index (χ1) is 6.85. The fourth-order valence-corrected chi connectivity index (χ4v) is 1.16. The standard InChI is InChI=1S/C11H11F3O/c1-7(2)10(15)11(13,14)8-3-5-9(12)6-4-8/h3-7H,1-2H3. The Morgan fingerprint density at radius 2 is 1.67 bits per heavy atom. The number of ketones is 1. The molecule has 0 bridgehead atoms. The lowest BCUT2D eigenvalue weighted by Crippen LogP contribution is -2.29. The summed E-state index contributed by atoms with van der Waals surface area (Å²) < 4.78 is 39.4. The number of carbonyl (C=O) groups excluding carboxylic acids is 1. The molecule has 1 rings (SSSR count). The van der Waals surface area contributed by atoms with Gasteiger partial charge in [0.15, 0.2) is 0 Å². The lowest BCUT2D eigenvalue weighted by atomic mass is 9.97. The number of halogens is 3. The molecule has 0 spiro atoms. The van der Waals surface area contributed by atoms with Crippen molar-refractivity contribution >= 4 is 5.78 Å². The predicted molar refractivity (Wildman–Crippen MR) is 50.1 cm³/mol. The van der Waals surface area contributed by atoms with Crippen molar-refractivity contribution in [1.82, 2.24) is 0 Å². The highest BCUT2D eigenvalue weighted by atomic mass is 19.3. The first-order valence-corrected chi connectivity index (χ1v) is 4.54. The highest BCUT2D eigenvalue weighted by Gasteiger charge is 2.41. The molecule has 4 heteroatoms. The van der Waals surface area contributed by atoms with E-state index in [0.29, 0.717) is 0 Å². The van der Waals surface area contributed by atoms with Gasteiger partial charge in [-0.2, -0.15) is 8.78 Å². The summed E-state index contributed by atoms with van der Waals surface area (Å²) in [4.78, 5) is 11.2. The molecule has 1 aromatic carbocycles. The molecule has 0 heterocycles. The molecule has 1 aromatic rings. The molecule has 0 aliphatic heterocycles. The minimum atomic E-state index is -3.54. The quantitative estimate of drug-likeness (QED) is 0.758. The van der Waals surface area contributed by atoms with Crippen LogP contribution in [-0.4, -0.2) is 5.78 Å². The molecule has 0 N–H and O–H groups in total. The molecule has 0 saturated heterocycles. The highest BCUT2D eigenvalue weighted by molar-refractivity contribution is 5.88. The van der Waals surface area contributed by atoms with Crippen molar-refractivity contribution in [2.24, 2.45) is 5.92 Å². The van der Waals surface area contributed by atoms with Crippen LogP contribution >= 0.6 is 0 Å². The number of rotatable bonds is 3.